The molecule has 1 aromatic heterocycles. The monoisotopic (exact) mass is 443 g/mol. The molecule has 7 N–H and O–H groups in total. The fraction of sp³-hybridized carbons (Fsp3) is 0.688. The highest BCUT2D eigenvalue weighted by Gasteiger charge is 2.45. The lowest BCUT2D eigenvalue weighted by Crippen LogP contribution is -2.47. The number of hydrogen-bond donors (Lipinski definition) is 6. The summed E-state index contributed by atoms with van der Waals surface area (Å²) in [5.41, 5.74) is 3.51. The largest absolute Gasteiger partial charge is 0.405 e. The van der Waals surface area contributed by atoms with E-state index in [9.17, 15) is 24.6 Å². The van der Waals surface area contributed by atoms with Gasteiger partial charge in [0.05, 0.1) is 6.54 Å². The lowest BCUT2D eigenvalue weighted by atomic mass is 10.2. The number of nitrogens with two attached hydrogens (primary N) is 1. The SMILES string of the molecule is CCC.CO.CO.NCC(=O)OC(O)(O)C1CCC(n2cc(Cl)c(=O)[nH]c2=O)O1. The van der Waals surface area contributed by atoms with E-state index >= 15 is 0 Å². The quantitative estimate of drug-likeness (QED) is 0.238. The van der Waals surface area contributed by atoms with Crippen molar-refractivity contribution in [2.75, 3.05) is 20.8 Å². The Kier molecular flexibility index (Phi) is 15.3. The van der Waals surface area contributed by atoms with Crippen LogP contribution in [0.2, 0.25) is 5.02 Å². The van der Waals surface area contributed by atoms with Crippen molar-refractivity contribution < 1.29 is 34.7 Å². The molecule has 2 heterocycles. The third-order valence-electron chi connectivity index (χ3n) is 3.08. The average molecular weight is 444 g/mol. The highest BCUT2D eigenvalue weighted by molar-refractivity contribution is 6.30. The zero-order valence-electron chi connectivity index (χ0n) is 16.8. The van der Waals surface area contributed by atoms with Gasteiger partial charge in [0.1, 0.15) is 11.3 Å². The van der Waals surface area contributed by atoms with Gasteiger partial charge in [-0.3, -0.25) is 19.1 Å². The second-order valence-corrected chi connectivity index (χ2v) is 5.75. The Labute approximate surface area is 172 Å². The molecule has 13 heteroatoms. The molecule has 2 unspecified atom stereocenters. The lowest BCUT2D eigenvalue weighted by Gasteiger charge is -2.27. The van der Waals surface area contributed by atoms with Gasteiger partial charge in [0.25, 0.3) is 5.56 Å². The van der Waals surface area contributed by atoms with Crippen molar-refractivity contribution in [3.05, 3.63) is 32.1 Å². The number of carbonyl (C=O) groups is 1. The summed E-state index contributed by atoms with van der Waals surface area (Å²) in [6.07, 6.45) is 0.431. The molecule has 0 bridgehead atoms. The summed E-state index contributed by atoms with van der Waals surface area (Å²) in [5, 5.41) is 33.2. The predicted octanol–water partition coefficient (Wildman–Crippen LogP) is -1.36. The van der Waals surface area contributed by atoms with Crippen LogP contribution in [0.15, 0.2) is 15.8 Å². The predicted molar refractivity (Wildman–Crippen MR) is 104 cm³/mol. The molecule has 0 saturated carbocycles. The van der Waals surface area contributed by atoms with Crippen molar-refractivity contribution >= 4 is 17.6 Å². The molecule has 2 atom stereocenters. The van der Waals surface area contributed by atoms with Gasteiger partial charge >= 0.3 is 17.6 Å². The van der Waals surface area contributed by atoms with Gasteiger partial charge in [-0.25, -0.2) is 4.79 Å². The Bertz CT molecular complexity index is 706. The van der Waals surface area contributed by atoms with E-state index in [1.807, 2.05) is 4.98 Å². The molecule has 1 fully saturated rings. The number of esters is 1. The zero-order valence-corrected chi connectivity index (χ0v) is 17.5. The van der Waals surface area contributed by atoms with Crippen molar-refractivity contribution in [2.45, 2.75) is 51.4 Å². The summed E-state index contributed by atoms with van der Waals surface area (Å²) in [4.78, 5) is 35.9. The molecule has 0 amide bonds. The number of halogens is 1. The normalized spacial score (nSPS) is 17.6. The van der Waals surface area contributed by atoms with Gasteiger partial charge in [0, 0.05) is 20.4 Å². The summed E-state index contributed by atoms with van der Waals surface area (Å²) in [5.74, 6) is -3.90. The lowest BCUT2D eigenvalue weighted by molar-refractivity contribution is -0.362. The molecule has 2 rings (SSSR count). The number of carbonyl (C=O) groups excluding carboxylic acids is 1. The number of aromatic nitrogens is 2. The molecule has 0 spiro atoms. The van der Waals surface area contributed by atoms with Crippen molar-refractivity contribution in [3.63, 3.8) is 0 Å². The minimum Gasteiger partial charge on any atom is -0.405 e. The van der Waals surface area contributed by atoms with Crippen LogP contribution in [0, 0.1) is 0 Å². The Morgan fingerprint density at radius 1 is 1.31 bits per heavy atom. The highest BCUT2D eigenvalue weighted by Crippen LogP contribution is 2.32. The van der Waals surface area contributed by atoms with Crippen molar-refractivity contribution in [1.82, 2.24) is 9.55 Å². The molecular formula is C16H30ClN3O9. The fourth-order valence-corrected chi connectivity index (χ4v) is 2.20. The number of nitrogens with one attached hydrogen (secondary N) is 1. The fourth-order valence-electron chi connectivity index (χ4n) is 2.05. The third-order valence-corrected chi connectivity index (χ3v) is 3.35. The Hall–Kier alpha value is -1.80. The van der Waals surface area contributed by atoms with E-state index in [2.05, 4.69) is 18.6 Å². The number of rotatable bonds is 4. The number of aromatic amines is 1. The smallest absolute Gasteiger partial charge is 0.352 e. The van der Waals surface area contributed by atoms with Gasteiger partial charge in [-0.15, -0.1) is 0 Å². The molecule has 1 aliphatic heterocycles. The van der Waals surface area contributed by atoms with Crippen LogP contribution in [-0.2, 0) is 14.3 Å². The van der Waals surface area contributed by atoms with E-state index in [-0.39, 0.29) is 17.9 Å². The topological polar surface area (TPSA) is 197 Å². The van der Waals surface area contributed by atoms with Crippen LogP contribution in [0.1, 0.15) is 39.3 Å². The molecule has 0 radical (unpaired) electrons. The summed E-state index contributed by atoms with van der Waals surface area (Å²) < 4.78 is 10.7. The second kappa shape index (κ2) is 15.1. The van der Waals surface area contributed by atoms with Crippen molar-refractivity contribution in [2.24, 2.45) is 5.73 Å². The zero-order chi connectivity index (χ0) is 23.2. The maximum atomic E-state index is 11.7. The number of ether oxygens (including phenoxy) is 2. The number of H-pyrrole nitrogens is 1. The van der Waals surface area contributed by atoms with Crippen molar-refractivity contribution in [1.29, 1.82) is 0 Å². The first kappa shape index (κ1) is 29.4. The minimum absolute atomic E-state index is 0.0820. The van der Waals surface area contributed by atoms with Gasteiger partial charge < -0.3 is 35.6 Å². The van der Waals surface area contributed by atoms with Crippen LogP contribution in [0.3, 0.4) is 0 Å². The summed E-state index contributed by atoms with van der Waals surface area (Å²) in [6, 6.07) is 0. The molecule has 1 aliphatic rings. The maximum absolute atomic E-state index is 11.7. The van der Waals surface area contributed by atoms with E-state index in [0.29, 0.717) is 0 Å². The van der Waals surface area contributed by atoms with Crippen LogP contribution in [0.5, 0.6) is 0 Å². The molecule has 170 valence electrons. The van der Waals surface area contributed by atoms with Gasteiger partial charge in [-0.05, 0) is 12.8 Å². The first-order chi connectivity index (χ1) is 13.7. The first-order valence-corrected chi connectivity index (χ1v) is 8.96. The minimum atomic E-state index is -2.87. The van der Waals surface area contributed by atoms with Crippen molar-refractivity contribution in [3.8, 4) is 0 Å². The number of hydrogen-bond acceptors (Lipinski definition) is 10. The number of aliphatic hydroxyl groups excluding tert-OH is 2. The van der Waals surface area contributed by atoms with E-state index in [1.165, 1.54) is 6.42 Å². The Morgan fingerprint density at radius 3 is 2.31 bits per heavy atom. The van der Waals surface area contributed by atoms with E-state index in [0.717, 1.165) is 25.0 Å². The van der Waals surface area contributed by atoms with E-state index in [1.54, 1.807) is 0 Å². The van der Waals surface area contributed by atoms with Crippen LogP contribution >= 0.6 is 11.6 Å². The second-order valence-electron chi connectivity index (χ2n) is 5.34. The summed E-state index contributed by atoms with van der Waals surface area (Å²) >= 11 is 5.64. The first-order valence-electron chi connectivity index (χ1n) is 8.58. The van der Waals surface area contributed by atoms with Gasteiger partial charge in [0.2, 0.25) is 0 Å². The van der Waals surface area contributed by atoms with Crippen LogP contribution in [0.4, 0.5) is 0 Å². The van der Waals surface area contributed by atoms with E-state index < -0.39 is 42.1 Å². The summed E-state index contributed by atoms with van der Waals surface area (Å²) in [6.45, 7) is 3.72. The molecular weight excluding hydrogens is 414 g/mol. The Balaban J connectivity index is 0. The highest BCUT2D eigenvalue weighted by atomic mass is 35.5. The molecule has 0 aliphatic carbocycles. The summed E-state index contributed by atoms with van der Waals surface area (Å²) in [7, 11) is 2.00. The average Bonchev–Trinajstić information content (AvgIpc) is 3.19. The van der Waals surface area contributed by atoms with Gasteiger partial charge in [-0.1, -0.05) is 31.9 Å². The van der Waals surface area contributed by atoms with Gasteiger partial charge in [0.15, 0.2) is 6.10 Å². The van der Waals surface area contributed by atoms with E-state index in [4.69, 9.17) is 32.3 Å². The number of aliphatic hydroxyl groups is 4. The maximum Gasteiger partial charge on any atom is 0.352 e. The third kappa shape index (κ3) is 9.49. The molecule has 12 nitrogen and oxygen atoms in total. The molecule has 0 aromatic carbocycles. The Morgan fingerprint density at radius 2 is 1.83 bits per heavy atom. The molecule has 1 aromatic rings. The standard InChI is InChI=1S/C11H14ClN3O7.C3H8.2CH4O/c12-5-4-15(10(18)14-9(5)17)7-2-1-6(21-7)11(19,20)22-8(16)3-13;1-3-2;2*1-2/h4,6-7,19-20H,1-3,13H2,(H,14,17,18);3H2,1-2H3;2*2H,1H3. The van der Waals surface area contributed by atoms with Crippen LogP contribution < -0.4 is 17.0 Å². The number of nitrogens with zero attached hydrogens (tertiary/aromatic N) is 1. The molecule has 29 heavy (non-hydrogen) atoms. The van der Waals surface area contributed by atoms with Crippen LogP contribution in [0.25, 0.3) is 0 Å². The van der Waals surface area contributed by atoms with Crippen LogP contribution in [-0.4, -0.2) is 68.8 Å². The molecule has 1 saturated heterocycles. The van der Waals surface area contributed by atoms with Gasteiger partial charge in [-0.2, -0.15) is 0 Å².